The Morgan fingerprint density at radius 1 is 1.00 bits per heavy atom. The van der Waals surface area contributed by atoms with E-state index in [1.807, 2.05) is 25.1 Å². The summed E-state index contributed by atoms with van der Waals surface area (Å²) in [7, 11) is 1.60. The van der Waals surface area contributed by atoms with E-state index in [9.17, 15) is 9.18 Å². The molecule has 0 radical (unpaired) electrons. The van der Waals surface area contributed by atoms with Gasteiger partial charge in [-0.15, -0.1) is 0 Å². The molecule has 0 saturated heterocycles. The van der Waals surface area contributed by atoms with E-state index in [2.05, 4.69) is 16.7 Å². The van der Waals surface area contributed by atoms with Gasteiger partial charge in [-0.2, -0.15) is 0 Å². The van der Waals surface area contributed by atoms with Gasteiger partial charge in [0.05, 0.1) is 7.11 Å². The molecule has 0 aliphatic carbocycles. The van der Waals surface area contributed by atoms with Gasteiger partial charge < -0.3 is 9.30 Å². The van der Waals surface area contributed by atoms with Crippen molar-refractivity contribution in [3.8, 4) is 5.75 Å². The normalized spacial score (nSPS) is 11.3. The fraction of sp³-hybridized carbons (Fsp3) is 0.115. The number of para-hydroxylation sites is 1. The number of nitrogens with zero attached hydrogens (tertiary/aromatic N) is 1. The number of ketones is 1. The first-order valence-electron chi connectivity index (χ1n) is 9.75. The van der Waals surface area contributed by atoms with Crippen molar-refractivity contribution in [3.05, 3.63) is 107 Å². The summed E-state index contributed by atoms with van der Waals surface area (Å²) in [4.78, 5) is 12.6. The molecule has 1 heterocycles. The monoisotopic (exact) mass is 399 g/mol. The Bertz CT molecular complexity index is 1220. The van der Waals surface area contributed by atoms with Crippen LogP contribution in [-0.4, -0.2) is 17.5 Å². The molecule has 0 spiro atoms. The third-order valence-electron chi connectivity index (χ3n) is 5.31. The summed E-state index contributed by atoms with van der Waals surface area (Å²) in [5.74, 6) is 0.413. The fourth-order valence-corrected chi connectivity index (χ4v) is 3.65. The Labute approximate surface area is 175 Å². The topological polar surface area (TPSA) is 31.2 Å². The third kappa shape index (κ3) is 3.90. The van der Waals surface area contributed by atoms with Gasteiger partial charge in [-0.3, -0.25) is 4.79 Å². The maximum atomic E-state index is 13.3. The Morgan fingerprint density at radius 2 is 1.70 bits per heavy atom. The average Bonchev–Trinajstić information content (AvgIpc) is 3.04. The molecular formula is C26H22FNO2. The summed E-state index contributed by atoms with van der Waals surface area (Å²) in [5.41, 5.74) is 4.77. The highest BCUT2D eigenvalue weighted by Gasteiger charge is 2.13. The van der Waals surface area contributed by atoms with Crippen LogP contribution in [0.5, 0.6) is 5.75 Å². The van der Waals surface area contributed by atoms with Crippen LogP contribution in [0.4, 0.5) is 4.39 Å². The Morgan fingerprint density at radius 3 is 2.40 bits per heavy atom. The third-order valence-corrected chi connectivity index (χ3v) is 5.31. The highest BCUT2D eigenvalue weighted by Crippen LogP contribution is 2.28. The number of carbonyl (C=O) groups is 1. The van der Waals surface area contributed by atoms with Gasteiger partial charge in [-0.05, 0) is 67.1 Å². The minimum atomic E-state index is -0.242. The minimum Gasteiger partial charge on any atom is -0.497 e. The number of ether oxygens (including phenoxy) is 1. The summed E-state index contributed by atoms with van der Waals surface area (Å²) < 4.78 is 20.6. The molecule has 3 aromatic carbocycles. The zero-order chi connectivity index (χ0) is 21.1. The molecule has 0 fully saturated rings. The van der Waals surface area contributed by atoms with Crippen molar-refractivity contribution in [2.24, 2.45) is 0 Å². The second-order valence-corrected chi connectivity index (χ2v) is 7.15. The SMILES string of the molecule is COc1ccc(C(=O)/C=C/c2c(C)n(Cc3ccc(F)cc3)c3ccccc23)cc1. The maximum absolute atomic E-state index is 13.3. The van der Waals surface area contributed by atoms with Crippen molar-refractivity contribution in [1.82, 2.24) is 4.57 Å². The van der Waals surface area contributed by atoms with Crippen molar-refractivity contribution in [1.29, 1.82) is 0 Å². The molecule has 4 rings (SSSR count). The molecule has 30 heavy (non-hydrogen) atoms. The van der Waals surface area contributed by atoms with Crippen LogP contribution in [0.2, 0.25) is 0 Å². The number of methoxy groups -OCH3 is 1. The number of benzene rings is 3. The van der Waals surface area contributed by atoms with E-state index in [4.69, 9.17) is 4.74 Å². The molecule has 150 valence electrons. The van der Waals surface area contributed by atoms with E-state index >= 15 is 0 Å². The lowest BCUT2D eigenvalue weighted by Gasteiger charge is -2.09. The van der Waals surface area contributed by atoms with Gasteiger partial charge >= 0.3 is 0 Å². The van der Waals surface area contributed by atoms with Crippen molar-refractivity contribution in [2.75, 3.05) is 7.11 Å². The molecule has 0 saturated carbocycles. The first kappa shape index (κ1) is 19.6. The summed E-state index contributed by atoms with van der Waals surface area (Å²) in [6, 6.07) is 21.7. The fourth-order valence-electron chi connectivity index (χ4n) is 3.65. The van der Waals surface area contributed by atoms with Crippen molar-refractivity contribution in [3.63, 3.8) is 0 Å². The first-order chi connectivity index (χ1) is 14.6. The van der Waals surface area contributed by atoms with E-state index in [0.29, 0.717) is 12.1 Å². The second kappa shape index (κ2) is 8.37. The molecule has 4 aromatic rings. The highest BCUT2D eigenvalue weighted by atomic mass is 19.1. The van der Waals surface area contributed by atoms with Gasteiger partial charge in [0.1, 0.15) is 11.6 Å². The molecule has 0 N–H and O–H groups in total. The number of allylic oxidation sites excluding steroid dienone is 1. The first-order valence-corrected chi connectivity index (χ1v) is 9.75. The zero-order valence-electron chi connectivity index (χ0n) is 16.9. The molecule has 4 heteroatoms. The summed E-state index contributed by atoms with van der Waals surface area (Å²) in [5, 5.41) is 1.08. The van der Waals surface area contributed by atoms with Gasteiger partial charge in [0.2, 0.25) is 0 Å². The van der Waals surface area contributed by atoms with E-state index < -0.39 is 0 Å². The predicted octanol–water partition coefficient (Wildman–Crippen LogP) is 6.04. The van der Waals surface area contributed by atoms with Crippen LogP contribution in [0.25, 0.3) is 17.0 Å². The number of hydrogen-bond acceptors (Lipinski definition) is 2. The van der Waals surface area contributed by atoms with Gasteiger partial charge in [0.25, 0.3) is 0 Å². The molecule has 0 aliphatic heterocycles. The van der Waals surface area contributed by atoms with E-state index in [1.54, 1.807) is 49.6 Å². The molecule has 0 unspecified atom stereocenters. The van der Waals surface area contributed by atoms with Gasteiger partial charge in [0.15, 0.2) is 5.78 Å². The minimum absolute atomic E-state index is 0.0626. The number of halogens is 1. The highest BCUT2D eigenvalue weighted by molar-refractivity contribution is 6.08. The molecule has 0 amide bonds. The van der Waals surface area contributed by atoms with Crippen LogP contribution in [0.3, 0.4) is 0 Å². The lowest BCUT2D eigenvalue weighted by atomic mass is 10.1. The van der Waals surface area contributed by atoms with Crippen LogP contribution in [0.1, 0.15) is 27.2 Å². The standard InChI is InChI=1S/C26H22FNO2/c1-18-23(15-16-26(29)20-9-13-22(30-2)14-10-20)24-5-3-4-6-25(24)28(18)17-19-7-11-21(27)12-8-19/h3-16H,17H2,1-2H3/b16-15+. The quantitative estimate of drug-likeness (QED) is 0.292. The summed E-state index contributed by atoms with van der Waals surface area (Å²) >= 11 is 0. The van der Waals surface area contributed by atoms with Crippen LogP contribution in [-0.2, 0) is 6.54 Å². The Balaban J connectivity index is 1.68. The molecule has 1 aromatic heterocycles. The molecule has 0 atom stereocenters. The van der Waals surface area contributed by atoms with Crippen LogP contribution in [0.15, 0.2) is 78.9 Å². The zero-order valence-corrected chi connectivity index (χ0v) is 16.9. The number of carbonyl (C=O) groups excluding carboxylic acids is 1. The van der Waals surface area contributed by atoms with E-state index in [-0.39, 0.29) is 11.6 Å². The molecule has 0 aliphatic rings. The molecule has 3 nitrogen and oxygen atoms in total. The largest absolute Gasteiger partial charge is 0.497 e. The predicted molar refractivity (Wildman–Crippen MR) is 119 cm³/mol. The Hall–Kier alpha value is -3.66. The number of rotatable bonds is 6. The number of fused-ring (bicyclic) bond motifs is 1. The smallest absolute Gasteiger partial charge is 0.185 e. The van der Waals surface area contributed by atoms with Crippen LogP contribution in [0, 0.1) is 12.7 Å². The van der Waals surface area contributed by atoms with Crippen molar-refractivity contribution < 1.29 is 13.9 Å². The lowest BCUT2D eigenvalue weighted by Crippen LogP contribution is -2.02. The van der Waals surface area contributed by atoms with Gasteiger partial charge in [0, 0.05) is 34.3 Å². The molecular weight excluding hydrogens is 377 g/mol. The Kier molecular flexibility index (Phi) is 5.48. The average molecular weight is 399 g/mol. The van der Waals surface area contributed by atoms with Crippen molar-refractivity contribution in [2.45, 2.75) is 13.5 Å². The number of aromatic nitrogens is 1. The molecule has 0 bridgehead atoms. The van der Waals surface area contributed by atoms with E-state index in [0.717, 1.165) is 33.5 Å². The maximum Gasteiger partial charge on any atom is 0.185 e. The summed E-state index contributed by atoms with van der Waals surface area (Å²) in [6.07, 6.45) is 3.49. The van der Waals surface area contributed by atoms with Gasteiger partial charge in [-0.25, -0.2) is 4.39 Å². The summed E-state index contributed by atoms with van der Waals surface area (Å²) in [6.45, 7) is 2.67. The number of hydrogen-bond donors (Lipinski definition) is 0. The van der Waals surface area contributed by atoms with E-state index in [1.165, 1.54) is 12.1 Å². The van der Waals surface area contributed by atoms with Crippen LogP contribution < -0.4 is 4.74 Å². The van der Waals surface area contributed by atoms with Crippen molar-refractivity contribution >= 4 is 22.8 Å². The lowest BCUT2D eigenvalue weighted by molar-refractivity contribution is 0.104. The second-order valence-electron chi connectivity index (χ2n) is 7.15. The van der Waals surface area contributed by atoms with Gasteiger partial charge in [-0.1, -0.05) is 30.3 Å². The van der Waals surface area contributed by atoms with Crippen LogP contribution >= 0.6 is 0 Å².